The van der Waals surface area contributed by atoms with Gasteiger partial charge in [0.15, 0.2) is 0 Å². The zero-order chi connectivity index (χ0) is 15.5. The molecule has 1 nitrogen and oxygen atoms in total. The Labute approximate surface area is 125 Å². The van der Waals surface area contributed by atoms with Gasteiger partial charge in [0, 0.05) is 12.1 Å². The smallest absolute Gasteiger partial charge is 0.149 e. The molecule has 0 aliphatic carbocycles. The summed E-state index contributed by atoms with van der Waals surface area (Å²) in [5.74, 6) is -1.12. The van der Waals surface area contributed by atoms with Crippen molar-refractivity contribution in [2.24, 2.45) is 0 Å². The maximum absolute atomic E-state index is 13.7. The van der Waals surface area contributed by atoms with E-state index in [9.17, 15) is 8.78 Å². The van der Waals surface area contributed by atoms with E-state index in [-0.39, 0.29) is 11.5 Å². The van der Waals surface area contributed by atoms with Crippen LogP contribution in [-0.4, -0.2) is 6.04 Å². The van der Waals surface area contributed by atoms with Gasteiger partial charge in [0.05, 0.1) is 5.69 Å². The molecule has 0 aliphatic heterocycles. The van der Waals surface area contributed by atoms with E-state index < -0.39 is 11.6 Å². The van der Waals surface area contributed by atoms with Gasteiger partial charge in [0.2, 0.25) is 0 Å². The molecule has 0 aliphatic rings. The van der Waals surface area contributed by atoms with Gasteiger partial charge in [-0.15, -0.1) is 0 Å². The van der Waals surface area contributed by atoms with Crippen molar-refractivity contribution in [3.8, 4) is 0 Å². The van der Waals surface area contributed by atoms with Crippen molar-refractivity contribution >= 4 is 5.69 Å². The van der Waals surface area contributed by atoms with Crippen molar-refractivity contribution < 1.29 is 8.78 Å². The third-order valence-corrected chi connectivity index (χ3v) is 3.70. The summed E-state index contributed by atoms with van der Waals surface area (Å²) in [5.41, 5.74) is 1.57. The zero-order valence-electron chi connectivity index (χ0n) is 12.7. The summed E-state index contributed by atoms with van der Waals surface area (Å²) >= 11 is 0. The van der Waals surface area contributed by atoms with Gasteiger partial charge >= 0.3 is 0 Å². The summed E-state index contributed by atoms with van der Waals surface area (Å²) in [5, 5.41) is 3.12. The third-order valence-electron chi connectivity index (χ3n) is 3.70. The van der Waals surface area contributed by atoms with E-state index in [0.29, 0.717) is 5.69 Å². The standard InChI is InChI=1S/C18H21F2N/c1-13(21-17-10-9-15(19)11-16(17)20)12-18(2,3)14-7-5-4-6-8-14/h4-11,13,21H,12H2,1-3H3. The minimum Gasteiger partial charge on any atom is -0.380 e. The van der Waals surface area contributed by atoms with Gasteiger partial charge in [-0.3, -0.25) is 0 Å². The van der Waals surface area contributed by atoms with Crippen molar-refractivity contribution in [3.63, 3.8) is 0 Å². The Kier molecular flexibility index (Phi) is 4.61. The molecule has 0 saturated heterocycles. The number of hydrogen-bond donors (Lipinski definition) is 1. The number of benzene rings is 2. The fourth-order valence-electron chi connectivity index (χ4n) is 2.70. The molecule has 1 N–H and O–H groups in total. The number of nitrogens with one attached hydrogen (secondary N) is 1. The van der Waals surface area contributed by atoms with Crippen molar-refractivity contribution in [1.82, 2.24) is 0 Å². The first kappa shape index (κ1) is 15.5. The Bertz CT molecular complexity index is 593. The fourth-order valence-corrected chi connectivity index (χ4v) is 2.70. The first-order chi connectivity index (χ1) is 9.88. The molecule has 0 fully saturated rings. The van der Waals surface area contributed by atoms with Crippen molar-refractivity contribution in [2.75, 3.05) is 5.32 Å². The van der Waals surface area contributed by atoms with Crippen LogP contribution in [0.1, 0.15) is 32.8 Å². The van der Waals surface area contributed by atoms with Gasteiger partial charge in [0.25, 0.3) is 0 Å². The second-order valence-corrected chi connectivity index (χ2v) is 6.12. The second kappa shape index (κ2) is 6.25. The summed E-state index contributed by atoms with van der Waals surface area (Å²) in [6.07, 6.45) is 0.841. The van der Waals surface area contributed by atoms with Crippen molar-refractivity contribution in [2.45, 2.75) is 38.6 Å². The van der Waals surface area contributed by atoms with Crippen molar-refractivity contribution in [3.05, 3.63) is 65.7 Å². The minimum atomic E-state index is -0.560. The first-order valence-corrected chi connectivity index (χ1v) is 7.15. The predicted octanol–water partition coefficient (Wildman–Crippen LogP) is 5.13. The van der Waals surface area contributed by atoms with E-state index in [1.54, 1.807) is 0 Å². The average molecular weight is 289 g/mol. The number of halogens is 2. The van der Waals surface area contributed by atoms with Gasteiger partial charge in [-0.1, -0.05) is 44.2 Å². The Morgan fingerprint density at radius 2 is 1.71 bits per heavy atom. The molecular weight excluding hydrogens is 268 g/mol. The van der Waals surface area contributed by atoms with E-state index in [1.807, 2.05) is 25.1 Å². The topological polar surface area (TPSA) is 12.0 Å². The van der Waals surface area contributed by atoms with Crippen LogP contribution in [0.2, 0.25) is 0 Å². The average Bonchev–Trinajstić information content (AvgIpc) is 2.42. The van der Waals surface area contributed by atoms with Crippen LogP contribution in [0.5, 0.6) is 0 Å². The molecule has 0 heterocycles. The predicted molar refractivity (Wildman–Crippen MR) is 83.5 cm³/mol. The van der Waals surface area contributed by atoms with Crippen LogP contribution in [0.15, 0.2) is 48.5 Å². The molecule has 0 radical (unpaired) electrons. The molecular formula is C18H21F2N. The van der Waals surface area contributed by atoms with E-state index in [2.05, 4.69) is 31.3 Å². The quantitative estimate of drug-likeness (QED) is 0.804. The molecule has 0 amide bonds. The Balaban J connectivity index is 2.06. The normalized spacial score (nSPS) is 13.0. The largest absolute Gasteiger partial charge is 0.380 e. The molecule has 1 unspecified atom stereocenters. The molecule has 0 bridgehead atoms. The number of hydrogen-bond acceptors (Lipinski definition) is 1. The lowest BCUT2D eigenvalue weighted by Crippen LogP contribution is -2.28. The molecule has 112 valence electrons. The molecule has 1 atom stereocenters. The lowest BCUT2D eigenvalue weighted by Gasteiger charge is -2.29. The highest BCUT2D eigenvalue weighted by Gasteiger charge is 2.23. The van der Waals surface area contributed by atoms with Gasteiger partial charge in [-0.25, -0.2) is 8.78 Å². The lowest BCUT2D eigenvalue weighted by atomic mass is 9.79. The minimum absolute atomic E-state index is 0.0236. The van der Waals surface area contributed by atoms with E-state index >= 15 is 0 Å². The summed E-state index contributed by atoms with van der Waals surface area (Å²) in [6.45, 7) is 6.34. The van der Waals surface area contributed by atoms with Crippen LogP contribution in [0.4, 0.5) is 14.5 Å². The summed E-state index contributed by atoms with van der Waals surface area (Å²) < 4.78 is 26.6. The van der Waals surface area contributed by atoms with Crippen LogP contribution in [0.3, 0.4) is 0 Å². The second-order valence-electron chi connectivity index (χ2n) is 6.12. The highest BCUT2D eigenvalue weighted by Crippen LogP contribution is 2.29. The molecule has 0 saturated carbocycles. The van der Waals surface area contributed by atoms with E-state index in [4.69, 9.17) is 0 Å². The van der Waals surface area contributed by atoms with Crippen molar-refractivity contribution in [1.29, 1.82) is 0 Å². The summed E-state index contributed by atoms with van der Waals surface area (Å²) in [4.78, 5) is 0. The molecule has 3 heteroatoms. The monoisotopic (exact) mass is 289 g/mol. The van der Waals surface area contributed by atoms with Crippen LogP contribution < -0.4 is 5.32 Å². The molecule has 2 aromatic rings. The molecule has 21 heavy (non-hydrogen) atoms. The fraction of sp³-hybridized carbons (Fsp3) is 0.333. The lowest BCUT2D eigenvalue weighted by molar-refractivity contribution is 0.449. The molecule has 0 spiro atoms. The third kappa shape index (κ3) is 4.03. The number of anilines is 1. The van der Waals surface area contributed by atoms with Crippen LogP contribution >= 0.6 is 0 Å². The number of rotatable bonds is 5. The molecule has 0 aromatic heterocycles. The highest BCUT2D eigenvalue weighted by atomic mass is 19.1. The van der Waals surface area contributed by atoms with E-state index in [1.165, 1.54) is 17.7 Å². The van der Waals surface area contributed by atoms with Gasteiger partial charge in [-0.2, -0.15) is 0 Å². The Morgan fingerprint density at radius 1 is 1.05 bits per heavy atom. The summed E-state index contributed by atoms with van der Waals surface area (Å²) in [7, 11) is 0. The maximum Gasteiger partial charge on any atom is 0.149 e. The molecule has 2 rings (SSSR count). The van der Waals surface area contributed by atoms with E-state index in [0.717, 1.165) is 12.5 Å². The maximum atomic E-state index is 13.7. The first-order valence-electron chi connectivity index (χ1n) is 7.15. The van der Waals surface area contributed by atoms with Gasteiger partial charge in [-0.05, 0) is 36.5 Å². The zero-order valence-corrected chi connectivity index (χ0v) is 12.7. The highest BCUT2D eigenvalue weighted by molar-refractivity contribution is 5.45. The summed E-state index contributed by atoms with van der Waals surface area (Å²) in [6, 6.07) is 13.9. The van der Waals surface area contributed by atoms with Gasteiger partial charge in [0.1, 0.15) is 11.6 Å². The Hall–Kier alpha value is -1.90. The van der Waals surface area contributed by atoms with Gasteiger partial charge < -0.3 is 5.32 Å². The van der Waals surface area contributed by atoms with Crippen LogP contribution in [-0.2, 0) is 5.41 Å². The molecule has 2 aromatic carbocycles. The SMILES string of the molecule is CC(CC(C)(C)c1ccccc1)Nc1ccc(F)cc1F. The van der Waals surface area contributed by atoms with Crippen LogP contribution in [0.25, 0.3) is 0 Å². The Morgan fingerprint density at radius 3 is 2.33 bits per heavy atom. The van der Waals surface area contributed by atoms with Crippen LogP contribution in [0, 0.1) is 11.6 Å².